The van der Waals surface area contributed by atoms with Crippen molar-refractivity contribution < 1.29 is 9.59 Å². The molecule has 1 N–H and O–H groups in total. The molecule has 0 bridgehead atoms. The van der Waals surface area contributed by atoms with Crippen LogP contribution in [0.1, 0.15) is 12.8 Å². The number of hydrogen-bond donors (Lipinski definition) is 1. The van der Waals surface area contributed by atoms with Gasteiger partial charge < -0.3 is 10.2 Å². The summed E-state index contributed by atoms with van der Waals surface area (Å²) in [5, 5.41) is 2.65. The van der Waals surface area contributed by atoms with Crippen molar-refractivity contribution in [3.63, 3.8) is 0 Å². The number of aromatic nitrogens is 1. The molecule has 1 fully saturated rings. The van der Waals surface area contributed by atoms with E-state index in [-0.39, 0.29) is 18.5 Å². The molecule has 2 amide bonds. The first kappa shape index (κ1) is 12.0. The second-order valence-corrected chi connectivity index (χ2v) is 4.72. The summed E-state index contributed by atoms with van der Waals surface area (Å²) in [4.78, 5) is 28.0. The lowest BCUT2D eigenvalue weighted by molar-refractivity contribution is -0.125. The number of halogens is 1. The van der Waals surface area contributed by atoms with Crippen molar-refractivity contribution in [1.29, 1.82) is 0 Å². The molecule has 0 radical (unpaired) electrons. The highest BCUT2D eigenvalue weighted by molar-refractivity contribution is 9.10. The van der Waals surface area contributed by atoms with Crippen LogP contribution < -0.4 is 5.32 Å². The van der Waals surface area contributed by atoms with Crippen LogP contribution in [0.2, 0.25) is 0 Å². The molecule has 6 heteroatoms. The van der Waals surface area contributed by atoms with Crippen LogP contribution in [0.15, 0.2) is 22.8 Å². The van der Waals surface area contributed by atoms with Crippen LogP contribution >= 0.6 is 15.9 Å². The smallest absolute Gasteiger partial charge is 0.245 e. The van der Waals surface area contributed by atoms with Crippen LogP contribution in [-0.4, -0.2) is 34.8 Å². The van der Waals surface area contributed by atoms with E-state index in [2.05, 4.69) is 26.2 Å². The van der Waals surface area contributed by atoms with Gasteiger partial charge in [0.05, 0.1) is 6.54 Å². The molecule has 1 heterocycles. The Morgan fingerprint density at radius 2 is 2.35 bits per heavy atom. The second kappa shape index (κ2) is 5.27. The normalized spacial score (nSPS) is 14.2. The maximum Gasteiger partial charge on any atom is 0.245 e. The summed E-state index contributed by atoms with van der Waals surface area (Å²) in [7, 11) is 0. The van der Waals surface area contributed by atoms with Gasteiger partial charge in [-0.15, -0.1) is 0 Å². The number of anilines is 1. The van der Waals surface area contributed by atoms with E-state index in [0.29, 0.717) is 10.4 Å². The van der Waals surface area contributed by atoms with Gasteiger partial charge in [0.2, 0.25) is 12.3 Å². The van der Waals surface area contributed by atoms with E-state index in [1.165, 1.54) is 4.90 Å². The topological polar surface area (TPSA) is 62.3 Å². The third-order valence-corrected chi connectivity index (χ3v) is 2.90. The summed E-state index contributed by atoms with van der Waals surface area (Å²) in [6.45, 7) is 0.0857. The molecule has 1 aromatic heterocycles. The van der Waals surface area contributed by atoms with E-state index in [1.807, 2.05) is 0 Å². The molecule has 0 unspecified atom stereocenters. The molecule has 0 aromatic carbocycles. The highest BCUT2D eigenvalue weighted by Gasteiger charge is 2.29. The van der Waals surface area contributed by atoms with Gasteiger partial charge in [-0.3, -0.25) is 9.59 Å². The molecule has 1 saturated carbocycles. The molecule has 90 valence electrons. The number of nitrogens with one attached hydrogen (secondary N) is 1. The number of carbonyl (C=O) groups is 2. The third kappa shape index (κ3) is 3.52. The fraction of sp³-hybridized carbons (Fsp3) is 0.364. The van der Waals surface area contributed by atoms with Crippen molar-refractivity contribution in [1.82, 2.24) is 9.88 Å². The summed E-state index contributed by atoms with van der Waals surface area (Å²) in [6.07, 6.45) is 2.70. The van der Waals surface area contributed by atoms with Crippen molar-refractivity contribution in [2.24, 2.45) is 0 Å². The molecule has 0 spiro atoms. The van der Waals surface area contributed by atoms with Crippen molar-refractivity contribution in [2.45, 2.75) is 18.9 Å². The molecule has 5 nitrogen and oxygen atoms in total. The minimum absolute atomic E-state index is 0.0857. The Hall–Kier alpha value is -1.43. The Morgan fingerprint density at radius 1 is 1.59 bits per heavy atom. The van der Waals surface area contributed by atoms with Gasteiger partial charge >= 0.3 is 0 Å². The Bertz CT molecular complexity index is 434. The minimum Gasteiger partial charge on any atom is -0.333 e. The predicted octanol–water partition coefficient (Wildman–Crippen LogP) is 1.40. The largest absolute Gasteiger partial charge is 0.333 e. The summed E-state index contributed by atoms with van der Waals surface area (Å²) in [5.74, 6) is 0.251. The standard InChI is InChI=1S/C11H12BrN3O2/c12-9-2-1-3-10(13-9)14-11(17)6-15(7-16)8-4-5-8/h1-3,7-8H,4-6H2,(H,13,14,17). The highest BCUT2D eigenvalue weighted by atomic mass is 79.9. The molecule has 0 saturated heterocycles. The zero-order valence-corrected chi connectivity index (χ0v) is 10.7. The van der Waals surface area contributed by atoms with Gasteiger partial charge in [-0.1, -0.05) is 6.07 Å². The average Bonchev–Trinajstić information content (AvgIpc) is 3.09. The quantitative estimate of drug-likeness (QED) is 0.660. The van der Waals surface area contributed by atoms with Gasteiger partial charge in [-0.25, -0.2) is 4.98 Å². The van der Waals surface area contributed by atoms with Crippen molar-refractivity contribution in [3.05, 3.63) is 22.8 Å². The molecule has 2 rings (SSSR count). The Morgan fingerprint density at radius 3 is 2.94 bits per heavy atom. The first-order valence-corrected chi connectivity index (χ1v) is 6.12. The zero-order valence-electron chi connectivity index (χ0n) is 9.10. The average molecular weight is 298 g/mol. The fourth-order valence-corrected chi connectivity index (χ4v) is 1.83. The Kier molecular flexibility index (Phi) is 3.73. The second-order valence-electron chi connectivity index (χ2n) is 3.90. The number of nitrogens with zero attached hydrogens (tertiary/aromatic N) is 2. The predicted molar refractivity (Wildman–Crippen MR) is 66.4 cm³/mol. The van der Waals surface area contributed by atoms with Crippen LogP contribution in [0.4, 0.5) is 5.82 Å². The van der Waals surface area contributed by atoms with Crippen LogP contribution in [0.25, 0.3) is 0 Å². The molecule has 0 aliphatic heterocycles. The maximum absolute atomic E-state index is 11.7. The zero-order chi connectivity index (χ0) is 12.3. The molecule has 1 aromatic rings. The van der Waals surface area contributed by atoms with Crippen molar-refractivity contribution in [3.8, 4) is 0 Å². The van der Waals surface area contributed by atoms with Crippen LogP contribution in [0, 0.1) is 0 Å². The molecule has 17 heavy (non-hydrogen) atoms. The molecule has 1 aliphatic carbocycles. The van der Waals surface area contributed by atoms with Crippen molar-refractivity contribution in [2.75, 3.05) is 11.9 Å². The Balaban J connectivity index is 1.90. The number of amides is 2. The lowest BCUT2D eigenvalue weighted by atomic mass is 10.4. The van der Waals surface area contributed by atoms with Crippen LogP contribution in [-0.2, 0) is 9.59 Å². The molecule has 0 atom stereocenters. The third-order valence-electron chi connectivity index (χ3n) is 2.46. The summed E-state index contributed by atoms with van der Waals surface area (Å²) >= 11 is 3.22. The number of pyridine rings is 1. The van der Waals surface area contributed by atoms with Gasteiger partial charge in [-0.2, -0.15) is 0 Å². The summed E-state index contributed by atoms with van der Waals surface area (Å²) in [5.41, 5.74) is 0. The van der Waals surface area contributed by atoms with Gasteiger partial charge in [-0.05, 0) is 40.9 Å². The monoisotopic (exact) mass is 297 g/mol. The van der Waals surface area contributed by atoms with Gasteiger partial charge in [0, 0.05) is 6.04 Å². The lowest BCUT2D eigenvalue weighted by Gasteiger charge is -2.15. The SMILES string of the molecule is O=CN(CC(=O)Nc1cccc(Br)n1)C1CC1. The van der Waals surface area contributed by atoms with E-state index in [1.54, 1.807) is 18.2 Å². The first-order chi connectivity index (χ1) is 8.19. The Labute approximate surface area is 107 Å². The van der Waals surface area contributed by atoms with Crippen LogP contribution in [0.5, 0.6) is 0 Å². The van der Waals surface area contributed by atoms with E-state index in [9.17, 15) is 9.59 Å². The summed E-state index contributed by atoms with van der Waals surface area (Å²) < 4.78 is 0.657. The number of hydrogen-bond acceptors (Lipinski definition) is 3. The van der Waals surface area contributed by atoms with E-state index >= 15 is 0 Å². The molecule has 1 aliphatic rings. The first-order valence-electron chi connectivity index (χ1n) is 5.32. The molecular formula is C11H12BrN3O2. The van der Waals surface area contributed by atoms with Gasteiger partial charge in [0.1, 0.15) is 10.4 Å². The maximum atomic E-state index is 11.7. The lowest BCUT2D eigenvalue weighted by Crippen LogP contribution is -2.34. The van der Waals surface area contributed by atoms with Crippen molar-refractivity contribution >= 4 is 34.1 Å². The van der Waals surface area contributed by atoms with E-state index in [0.717, 1.165) is 19.3 Å². The highest BCUT2D eigenvalue weighted by Crippen LogP contribution is 2.25. The summed E-state index contributed by atoms with van der Waals surface area (Å²) in [6, 6.07) is 5.50. The van der Waals surface area contributed by atoms with Gasteiger partial charge in [0.15, 0.2) is 0 Å². The van der Waals surface area contributed by atoms with Crippen LogP contribution in [0.3, 0.4) is 0 Å². The van der Waals surface area contributed by atoms with Gasteiger partial charge in [0.25, 0.3) is 0 Å². The van der Waals surface area contributed by atoms with E-state index < -0.39 is 0 Å². The number of carbonyl (C=O) groups excluding carboxylic acids is 2. The number of rotatable bonds is 5. The fourth-order valence-electron chi connectivity index (χ4n) is 1.48. The molecular weight excluding hydrogens is 286 g/mol. The minimum atomic E-state index is -0.227. The van der Waals surface area contributed by atoms with E-state index in [4.69, 9.17) is 0 Å².